The van der Waals surface area contributed by atoms with Crippen molar-refractivity contribution in [3.8, 4) is 0 Å². The molecule has 0 radical (unpaired) electrons. The maximum atomic E-state index is 11.9. The summed E-state index contributed by atoms with van der Waals surface area (Å²) >= 11 is 1.75. The van der Waals surface area contributed by atoms with Crippen LogP contribution in [0.4, 0.5) is 0 Å². The number of aromatic nitrogens is 1. The van der Waals surface area contributed by atoms with Gasteiger partial charge in [0.2, 0.25) is 0 Å². The number of hydrogen-bond donors (Lipinski definition) is 1. The third-order valence-electron chi connectivity index (χ3n) is 4.74. The molecule has 0 spiro atoms. The van der Waals surface area contributed by atoms with Gasteiger partial charge in [-0.2, -0.15) is 0 Å². The molecule has 0 aliphatic heterocycles. The summed E-state index contributed by atoms with van der Waals surface area (Å²) in [7, 11) is 0. The Hall–Kier alpha value is -1.42. The normalized spacial score (nSPS) is 21.4. The van der Waals surface area contributed by atoms with Crippen LogP contribution < -0.4 is 0 Å². The maximum Gasteiger partial charge on any atom is 0.314 e. The topological polar surface area (TPSA) is 50.2 Å². The average molecular weight is 287 g/mol. The van der Waals surface area contributed by atoms with Crippen LogP contribution in [0, 0.1) is 0 Å². The number of carboxylic acids is 1. The molecule has 4 rings (SSSR count). The van der Waals surface area contributed by atoms with Crippen LogP contribution in [0.15, 0.2) is 18.2 Å². The number of aliphatic carboxylic acids is 1. The number of benzene rings is 1. The first-order chi connectivity index (χ1) is 9.71. The van der Waals surface area contributed by atoms with E-state index in [9.17, 15) is 9.90 Å². The van der Waals surface area contributed by atoms with Crippen LogP contribution in [0.1, 0.15) is 55.0 Å². The van der Waals surface area contributed by atoms with Crippen molar-refractivity contribution in [2.24, 2.45) is 0 Å². The van der Waals surface area contributed by atoms with E-state index in [1.165, 1.54) is 17.8 Å². The summed E-state index contributed by atoms with van der Waals surface area (Å²) in [5.41, 5.74) is 1.20. The van der Waals surface area contributed by atoms with E-state index in [0.29, 0.717) is 5.92 Å². The van der Waals surface area contributed by atoms with Gasteiger partial charge >= 0.3 is 5.97 Å². The Morgan fingerprint density at radius 3 is 2.70 bits per heavy atom. The van der Waals surface area contributed by atoms with Crippen LogP contribution in [0.3, 0.4) is 0 Å². The standard InChI is InChI=1S/C16H17NO2S/c18-15(19)16(8-1-2-9-16)11-4-3-5-12-13(11)17-14(20-12)10-6-7-10/h3-5,10H,1-2,6-9H2,(H,18,19). The number of carbonyl (C=O) groups is 1. The molecule has 0 atom stereocenters. The van der Waals surface area contributed by atoms with E-state index in [1.54, 1.807) is 11.3 Å². The Labute approximate surface area is 121 Å². The lowest BCUT2D eigenvalue weighted by Crippen LogP contribution is -2.32. The second-order valence-electron chi connectivity index (χ2n) is 6.07. The molecule has 2 aliphatic carbocycles. The molecule has 2 aromatic rings. The molecule has 2 fully saturated rings. The number of rotatable bonds is 3. The van der Waals surface area contributed by atoms with Crippen molar-refractivity contribution in [2.75, 3.05) is 0 Å². The van der Waals surface area contributed by atoms with Crippen LogP contribution in [0.2, 0.25) is 0 Å². The first-order valence-corrected chi connectivity index (χ1v) is 8.16. The molecule has 1 aromatic heterocycles. The third kappa shape index (κ3) is 1.71. The van der Waals surface area contributed by atoms with Crippen molar-refractivity contribution in [3.63, 3.8) is 0 Å². The van der Waals surface area contributed by atoms with Gasteiger partial charge in [0, 0.05) is 5.92 Å². The van der Waals surface area contributed by atoms with Gasteiger partial charge in [-0.3, -0.25) is 4.79 Å². The lowest BCUT2D eigenvalue weighted by atomic mass is 9.78. The zero-order chi connectivity index (χ0) is 13.7. The van der Waals surface area contributed by atoms with Crippen LogP contribution >= 0.6 is 11.3 Å². The summed E-state index contributed by atoms with van der Waals surface area (Å²) < 4.78 is 1.15. The molecule has 1 N–H and O–H groups in total. The quantitative estimate of drug-likeness (QED) is 0.925. The average Bonchev–Trinajstić information content (AvgIpc) is 3.02. The molecule has 3 nitrogen and oxygen atoms in total. The molecule has 0 saturated heterocycles. The number of nitrogens with zero attached hydrogens (tertiary/aromatic N) is 1. The minimum absolute atomic E-state index is 0.629. The van der Waals surface area contributed by atoms with Crippen molar-refractivity contribution in [3.05, 3.63) is 28.8 Å². The van der Waals surface area contributed by atoms with E-state index in [4.69, 9.17) is 4.98 Å². The summed E-state index contributed by atoms with van der Waals surface area (Å²) in [5.74, 6) is -0.0481. The highest BCUT2D eigenvalue weighted by molar-refractivity contribution is 7.18. The van der Waals surface area contributed by atoms with Crippen molar-refractivity contribution >= 4 is 27.5 Å². The van der Waals surface area contributed by atoms with E-state index in [2.05, 4.69) is 6.07 Å². The van der Waals surface area contributed by atoms with Gasteiger partial charge in [0.15, 0.2) is 0 Å². The van der Waals surface area contributed by atoms with Gasteiger partial charge in [0.25, 0.3) is 0 Å². The van der Waals surface area contributed by atoms with Crippen molar-refractivity contribution in [2.45, 2.75) is 49.9 Å². The maximum absolute atomic E-state index is 11.9. The van der Waals surface area contributed by atoms with E-state index in [0.717, 1.165) is 41.5 Å². The van der Waals surface area contributed by atoms with Crippen molar-refractivity contribution < 1.29 is 9.90 Å². The largest absolute Gasteiger partial charge is 0.481 e. The van der Waals surface area contributed by atoms with Crippen molar-refractivity contribution in [1.29, 1.82) is 0 Å². The first-order valence-electron chi connectivity index (χ1n) is 7.34. The molecule has 20 heavy (non-hydrogen) atoms. The monoisotopic (exact) mass is 287 g/mol. The zero-order valence-electron chi connectivity index (χ0n) is 11.3. The Bertz CT molecular complexity index is 681. The number of fused-ring (bicyclic) bond motifs is 1. The predicted octanol–water partition coefficient (Wildman–Crippen LogP) is 4.07. The van der Waals surface area contributed by atoms with Crippen LogP contribution in [0.25, 0.3) is 10.2 Å². The van der Waals surface area contributed by atoms with Gasteiger partial charge in [-0.1, -0.05) is 25.0 Å². The lowest BCUT2D eigenvalue weighted by molar-refractivity contribution is -0.143. The fourth-order valence-corrected chi connectivity index (χ4v) is 4.60. The van der Waals surface area contributed by atoms with Gasteiger partial charge < -0.3 is 5.11 Å². The van der Waals surface area contributed by atoms with E-state index < -0.39 is 11.4 Å². The predicted molar refractivity (Wildman–Crippen MR) is 79.4 cm³/mol. The summed E-state index contributed by atoms with van der Waals surface area (Å²) in [6.45, 7) is 0. The highest BCUT2D eigenvalue weighted by Crippen LogP contribution is 2.47. The third-order valence-corrected chi connectivity index (χ3v) is 5.93. The van der Waals surface area contributed by atoms with Crippen LogP contribution in [-0.4, -0.2) is 16.1 Å². The molecule has 2 aliphatic rings. The highest BCUT2D eigenvalue weighted by atomic mass is 32.1. The van der Waals surface area contributed by atoms with Gasteiger partial charge in [-0.05, 0) is 37.3 Å². The molecule has 0 amide bonds. The fraction of sp³-hybridized carbons (Fsp3) is 0.500. The Kier molecular flexibility index (Phi) is 2.64. The Morgan fingerprint density at radius 2 is 2.05 bits per heavy atom. The molecular weight excluding hydrogens is 270 g/mol. The van der Waals surface area contributed by atoms with Crippen LogP contribution in [0.5, 0.6) is 0 Å². The highest BCUT2D eigenvalue weighted by Gasteiger charge is 2.44. The smallest absolute Gasteiger partial charge is 0.314 e. The molecule has 0 bridgehead atoms. The Balaban J connectivity index is 1.91. The van der Waals surface area contributed by atoms with E-state index in [1.807, 2.05) is 12.1 Å². The molecular formula is C16H17NO2S. The number of thiazole rings is 1. The second kappa shape index (κ2) is 4.29. The lowest BCUT2D eigenvalue weighted by Gasteiger charge is -2.24. The number of carboxylic acid groups (broad SMARTS) is 1. The number of para-hydroxylation sites is 1. The first kappa shape index (κ1) is 12.3. The van der Waals surface area contributed by atoms with Crippen molar-refractivity contribution in [1.82, 2.24) is 4.98 Å². The fourth-order valence-electron chi connectivity index (χ4n) is 3.43. The number of hydrogen-bond acceptors (Lipinski definition) is 3. The zero-order valence-corrected chi connectivity index (χ0v) is 12.1. The summed E-state index contributed by atoms with van der Waals surface area (Å²) in [5, 5.41) is 11.0. The molecule has 104 valence electrons. The van der Waals surface area contributed by atoms with Gasteiger partial charge in [0.1, 0.15) is 0 Å². The van der Waals surface area contributed by atoms with E-state index >= 15 is 0 Å². The summed E-state index contributed by atoms with van der Waals surface area (Å²) in [6.07, 6.45) is 5.97. The summed E-state index contributed by atoms with van der Waals surface area (Å²) in [6, 6.07) is 6.06. The molecule has 0 unspecified atom stereocenters. The van der Waals surface area contributed by atoms with Gasteiger partial charge in [-0.15, -0.1) is 11.3 Å². The van der Waals surface area contributed by atoms with Gasteiger partial charge in [-0.25, -0.2) is 4.98 Å². The molecule has 2 saturated carbocycles. The molecule has 4 heteroatoms. The molecule has 1 heterocycles. The minimum atomic E-state index is -0.700. The molecule has 1 aromatic carbocycles. The van der Waals surface area contributed by atoms with Gasteiger partial charge in [0.05, 0.1) is 20.6 Å². The van der Waals surface area contributed by atoms with Crippen LogP contribution in [-0.2, 0) is 10.2 Å². The Morgan fingerprint density at radius 1 is 1.30 bits per heavy atom. The SMILES string of the molecule is O=C(O)C1(c2cccc3sc(C4CC4)nc23)CCCC1. The second-order valence-corrected chi connectivity index (χ2v) is 7.14. The van der Waals surface area contributed by atoms with E-state index in [-0.39, 0.29) is 0 Å². The minimum Gasteiger partial charge on any atom is -0.481 e. The summed E-state index contributed by atoms with van der Waals surface area (Å²) in [4.78, 5) is 16.7.